The molecule has 4 rings (SSSR count). The van der Waals surface area contributed by atoms with Crippen LogP contribution < -0.4 is 14.4 Å². The molecule has 8 heteroatoms. The van der Waals surface area contributed by atoms with Crippen molar-refractivity contribution in [2.24, 2.45) is 0 Å². The molecule has 0 radical (unpaired) electrons. The predicted octanol–water partition coefficient (Wildman–Crippen LogP) is 4.06. The van der Waals surface area contributed by atoms with Crippen molar-refractivity contribution in [1.82, 2.24) is 4.72 Å². The first-order chi connectivity index (χ1) is 16.4. The average Bonchev–Trinajstić information content (AvgIpc) is 3.18. The molecule has 0 spiro atoms. The lowest BCUT2D eigenvalue weighted by Crippen LogP contribution is -2.31. The van der Waals surface area contributed by atoms with Gasteiger partial charge < -0.3 is 4.74 Å². The van der Waals surface area contributed by atoms with E-state index in [1.54, 1.807) is 7.11 Å². The third-order valence-corrected chi connectivity index (χ3v) is 7.31. The maximum Gasteiger partial charge on any atom is 0.238 e. The average molecular weight is 497 g/mol. The maximum atomic E-state index is 12.7. The molecule has 1 N–H and O–H groups in total. The number of nitrogens with one attached hydrogen (secondary N) is 1. The van der Waals surface area contributed by atoms with Crippen LogP contribution in [0.25, 0.3) is 11.1 Å². The molecule has 1 atom stereocenters. The number of carbonyl (C=O) groups is 2. The number of ketones is 1. The van der Waals surface area contributed by atoms with Gasteiger partial charge in [0.25, 0.3) is 0 Å². The maximum absolute atomic E-state index is 12.7. The largest absolute Gasteiger partial charge is 0.496 e. The van der Waals surface area contributed by atoms with E-state index in [-0.39, 0.29) is 29.4 Å². The number of fused-ring (bicyclic) bond motifs is 1. The van der Waals surface area contributed by atoms with Crippen molar-refractivity contribution in [3.63, 3.8) is 0 Å². The molecule has 186 valence electrons. The Morgan fingerprint density at radius 2 is 1.89 bits per heavy atom. The monoisotopic (exact) mass is 496 g/mol. The molecular formula is C27H32N2O5S. The quantitative estimate of drug-likeness (QED) is 0.609. The minimum atomic E-state index is -3.24. The molecule has 7 nitrogen and oxygen atoms in total. The van der Waals surface area contributed by atoms with E-state index in [0.717, 1.165) is 40.8 Å². The van der Waals surface area contributed by atoms with E-state index in [4.69, 9.17) is 4.74 Å². The number of ether oxygens (including phenoxy) is 1. The molecule has 0 saturated heterocycles. The highest BCUT2D eigenvalue weighted by atomic mass is 32.2. The number of aryl methyl sites for hydroxylation is 1. The number of anilines is 1. The Kier molecular flexibility index (Phi) is 6.64. The molecule has 0 saturated carbocycles. The second kappa shape index (κ2) is 9.24. The minimum Gasteiger partial charge on any atom is -0.496 e. The molecule has 0 aromatic heterocycles. The zero-order chi connectivity index (χ0) is 25.5. The summed E-state index contributed by atoms with van der Waals surface area (Å²) in [6.07, 6.45) is 5.74. The van der Waals surface area contributed by atoms with Crippen LogP contribution in [0.2, 0.25) is 0 Å². The molecule has 1 heterocycles. The number of allylic oxidation sites excluding steroid dienone is 1. The normalized spacial score (nSPS) is 18.2. The molecule has 2 aromatic carbocycles. The van der Waals surface area contributed by atoms with Crippen LogP contribution in [0.3, 0.4) is 0 Å². The highest BCUT2D eigenvalue weighted by molar-refractivity contribution is 7.88. The lowest BCUT2D eigenvalue weighted by Gasteiger charge is -2.28. The Morgan fingerprint density at radius 3 is 2.51 bits per heavy atom. The number of benzene rings is 2. The summed E-state index contributed by atoms with van der Waals surface area (Å²) in [6, 6.07) is 10.1. The number of carbonyl (C=O) groups excluding carboxylic acids is 2. The number of nitrogens with zero attached hydrogens (tertiary/aromatic N) is 1. The van der Waals surface area contributed by atoms with Crippen molar-refractivity contribution < 1.29 is 22.7 Å². The van der Waals surface area contributed by atoms with E-state index >= 15 is 0 Å². The van der Waals surface area contributed by atoms with E-state index in [2.05, 4.69) is 37.6 Å². The lowest BCUT2D eigenvalue weighted by atomic mass is 9.83. The fourth-order valence-corrected chi connectivity index (χ4v) is 5.35. The smallest absolute Gasteiger partial charge is 0.238 e. The Balaban J connectivity index is 1.80. The zero-order valence-corrected chi connectivity index (χ0v) is 21.7. The topological polar surface area (TPSA) is 92.8 Å². The van der Waals surface area contributed by atoms with Crippen LogP contribution >= 0.6 is 0 Å². The van der Waals surface area contributed by atoms with E-state index in [1.807, 2.05) is 18.2 Å². The van der Waals surface area contributed by atoms with Crippen molar-refractivity contribution in [3.05, 3.63) is 59.3 Å². The molecule has 2 aliphatic rings. The Labute approximate surface area is 207 Å². The predicted molar refractivity (Wildman–Crippen MR) is 137 cm³/mol. The first kappa shape index (κ1) is 25.1. The lowest BCUT2D eigenvalue weighted by molar-refractivity contribution is -0.124. The molecule has 0 fully saturated rings. The van der Waals surface area contributed by atoms with Gasteiger partial charge in [-0.3, -0.25) is 14.5 Å². The number of hydrogen-bond donors (Lipinski definition) is 1. The highest BCUT2D eigenvalue weighted by Gasteiger charge is 2.29. The van der Waals surface area contributed by atoms with Crippen LogP contribution in [0, 0.1) is 0 Å². The summed E-state index contributed by atoms with van der Waals surface area (Å²) in [6.45, 7) is 6.67. The number of amides is 1. The standard InChI is InChI=1S/C27H32N2O5S/c1-27(2,3)24-14-20(29-11-10-21(30)15-25(29)31)13-23(26(24)34-4)18-8-9-22-17(12-18)6-7-19(22)16-28-35(5,32)33/h8-14,19,28H,6-7,15-16H2,1-5H3. The molecule has 1 aliphatic carbocycles. The molecule has 35 heavy (non-hydrogen) atoms. The van der Waals surface area contributed by atoms with Gasteiger partial charge in [0.05, 0.1) is 19.8 Å². The van der Waals surface area contributed by atoms with Gasteiger partial charge in [0.2, 0.25) is 15.9 Å². The molecule has 1 amide bonds. The summed E-state index contributed by atoms with van der Waals surface area (Å²) < 4.78 is 31.6. The van der Waals surface area contributed by atoms with Gasteiger partial charge in [0.1, 0.15) is 5.75 Å². The van der Waals surface area contributed by atoms with Crippen molar-refractivity contribution >= 4 is 27.4 Å². The Bertz CT molecular complexity index is 1320. The number of sulfonamides is 1. The molecular weight excluding hydrogens is 464 g/mol. The van der Waals surface area contributed by atoms with Crippen LogP contribution in [0.1, 0.15) is 56.2 Å². The van der Waals surface area contributed by atoms with Crippen molar-refractivity contribution in [1.29, 1.82) is 0 Å². The SMILES string of the molecule is COc1c(-c2ccc3c(c2)CCC3CNS(C)(=O)=O)cc(N2C=CC(=O)CC2=O)cc1C(C)(C)C. The zero-order valence-electron chi connectivity index (χ0n) is 20.8. The fourth-order valence-electron chi connectivity index (χ4n) is 4.85. The second-order valence-electron chi connectivity index (χ2n) is 10.3. The van der Waals surface area contributed by atoms with Crippen molar-refractivity contribution in [2.75, 3.05) is 24.8 Å². The first-order valence-corrected chi connectivity index (χ1v) is 13.6. The van der Waals surface area contributed by atoms with Crippen LogP contribution in [0.15, 0.2) is 42.6 Å². The van der Waals surface area contributed by atoms with E-state index in [0.29, 0.717) is 12.2 Å². The first-order valence-electron chi connectivity index (χ1n) is 11.7. The fraction of sp³-hybridized carbons (Fsp3) is 0.407. The van der Waals surface area contributed by atoms with Crippen molar-refractivity contribution in [2.45, 2.75) is 51.4 Å². The number of rotatable bonds is 6. The molecule has 0 bridgehead atoms. The number of hydrogen-bond acceptors (Lipinski definition) is 5. The highest BCUT2D eigenvalue weighted by Crippen LogP contribution is 2.44. The Hall–Kier alpha value is -2.97. The summed E-state index contributed by atoms with van der Waals surface area (Å²) in [4.78, 5) is 25.9. The van der Waals surface area contributed by atoms with Crippen molar-refractivity contribution in [3.8, 4) is 16.9 Å². The second-order valence-corrected chi connectivity index (χ2v) is 12.1. The van der Waals surface area contributed by atoms with Crippen LogP contribution in [-0.4, -0.2) is 40.0 Å². The van der Waals surface area contributed by atoms with Gasteiger partial charge in [-0.15, -0.1) is 0 Å². The molecule has 2 aromatic rings. The number of methoxy groups -OCH3 is 1. The summed E-state index contributed by atoms with van der Waals surface area (Å²) >= 11 is 0. The van der Waals surface area contributed by atoms with Gasteiger partial charge in [-0.25, -0.2) is 13.1 Å². The van der Waals surface area contributed by atoms with Gasteiger partial charge in [-0.2, -0.15) is 0 Å². The van der Waals surface area contributed by atoms with E-state index < -0.39 is 10.0 Å². The van der Waals surface area contributed by atoms with Gasteiger partial charge in [0, 0.05) is 29.6 Å². The summed E-state index contributed by atoms with van der Waals surface area (Å²) in [5.41, 5.74) is 5.57. The molecule has 1 aliphatic heterocycles. The minimum absolute atomic E-state index is 0.140. The van der Waals surface area contributed by atoms with E-state index in [1.165, 1.54) is 29.0 Å². The van der Waals surface area contributed by atoms with Crippen LogP contribution in [0.4, 0.5) is 5.69 Å². The summed E-state index contributed by atoms with van der Waals surface area (Å²) in [5, 5.41) is 0. The van der Waals surface area contributed by atoms with Gasteiger partial charge in [0.15, 0.2) is 5.78 Å². The third kappa shape index (κ3) is 5.33. The Morgan fingerprint density at radius 1 is 1.14 bits per heavy atom. The van der Waals surface area contributed by atoms with Crippen LogP contribution in [0.5, 0.6) is 5.75 Å². The van der Waals surface area contributed by atoms with Gasteiger partial charge in [-0.05, 0) is 59.1 Å². The van der Waals surface area contributed by atoms with E-state index in [9.17, 15) is 18.0 Å². The van der Waals surface area contributed by atoms with Crippen LogP contribution in [-0.2, 0) is 31.4 Å². The van der Waals surface area contributed by atoms with Gasteiger partial charge in [-0.1, -0.05) is 39.0 Å². The summed E-state index contributed by atoms with van der Waals surface area (Å²) in [7, 11) is -1.59. The third-order valence-electron chi connectivity index (χ3n) is 6.62. The molecule has 1 unspecified atom stereocenters. The van der Waals surface area contributed by atoms with Gasteiger partial charge >= 0.3 is 0 Å². The summed E-state index contributed by atoms with van der Waals surface area (Å²) in [5.74, 6) is 0.429.